The van der Waals surface area contributed by atoms with Crippen LogP contribution >= 0.6 is 0 Å². The van der Waals surface area contributed by atoms with Crippen LogP contribution in [0.1, 0.15) is 44.1 Å². The summed E-state index contributed by atoms with van der Waals surface area (Å²) in [5, 5.41) is 3.64. The Morgan fingerprint density at radius 3 is 2.65 bits per heavy atom. The molecule has 20 heavy (non-hydrogen) atoms. The number of nitrogens with one attached hydrogen (secondary N) is 1. The zero-order chi connectivity index (χ0) is 14.2. The first-order valence-electron chi connectivity index (χ1n) is 7.63. The molecule has 3 heteroatoms. The molecule has 2 aromatic rings. The molecule has 0 aliphatic rings. The lowest BCUT2D eigenvalue weighted by molar-refractivity contribution is 0.502. The number of benzene rings is 1. The number of imidazole rings is 1. The summed E-state index contributed by atoms with van der Waals surface area (Å²) in [5.74, 6) is 1.17. The third kappa shape index (κ3) is 3.94. The van der Waals surface area contributed by atoms with Gasteiger partial charge in [-0.1, -0.05) is 44.2 Å². The first-order valence-corrected chi connectivity index (χ1v) is 7.63. The van der Waals surface area contributed by atoms with Gasteiger partial charge in [0.15, 0.2) is 0 Å². The van der Waals surface area contributed by atoms with Crippen LogP contribution in [0.3, 0.4) is 0 Å². The summed E-state index contributed by atoms with van der Waals surface area (Å²) in [6.07, 6.45) is 7.22. The van der Waals surface area contributed by atoms with Gasteiger partial charge in [0.1, 0.15) is 5.82 Å². The highest BCUT2D eigenvalue weighted by Gasteiger charge is 2.14. The quantitative estimate of drug-likeness (QED) is 0.795. The molecule has 0 aliphatic heterocycles. The van der Waals surface area contributed by atoms with Crippen molar-refractivity contribution < 1.29 is 0 Å². The van der Waals surface area contributed by atoms with Crippen molar-refractivity contribution in [1.29, 1.82) is 0 Å². The second-order valence-corrected chi connectivity index (χ2v) is 5.16. The zero-order valence-electron chi connectivity index (χ0n) is 12.5. The SMILES string of the molecule is CCCNC(Cc1nccn1CCC)c1ccccc1. The van der Waals surface area contributed by atoms with E-state index < -0.39 is 0 Å². The van der Waals surface area contributed by atoms with Crippen LogP contribution < -0.4 is 5.32 Å². The molecule has 108 valence electrons. The maximum Gasteiger partial charge on any atom is 0.110 e. The first-order chi connectivity index (χ1) is 9.85. The Kier molecular flexibility index (Phi) is 5.81. The maximum absolute atomic E-state index is 4.53. The molecule has 0 amide bonds. The molecule has 1 atom stereocenters. The van der Waals surface area contributed by atoms with Gasteiger partial charge in [0.05, 0.1) is 0 Å². The molecule has 1 aromatic carbocycles. The zero-order valence-corrected chi connectivity index (χ0v) is 12.5. The molecule has 0 radical (unpaired) electrons. The van der Waals surface area contributed by atoms with E-state index in [0.29, 0.717) is 6.04 Å². The van der Waals surface area contributed by atoms with E-state index >= 15 is 0 Å². The molecule has 0 bridgehead atoms. The van der Waals surface area contributed by atoms with E-state index in [9.17, 15) is 0 Å². The molecule has 0 saturated heterocycles. The van der Waals surface area contributed by atoms with Gasteiger partial charge in [0.2, 0.25) is 0 Å². The van der Waals surface area contributed by atoms with Crippen molar-refractivity contribution in [1.82, 2.24) is 14.9 Å². The summed E-state index contributed by atoms with van der Waals surface area (Å²) in [6.45, 7) is 6.49. The average Bonchev–Trinajstić information content (AvgIpc) is 2.92. The van der Waals surface area contributed by atoms with Crippen LogP contribution in [-0.4, -0.2) is 16.1 Å². The normalized spacial score (nSPS) is 12.5. The molecule has 0 saturated carbocycles. The van der Waals surface area contributed by atoms with Gasteiger partial charge in [-0.3, -0.25) is 0 Å². The summed E-state index contributed by atoms with van der Waals surface area (Å²) < 4.78 is 2.27. The van der Waals surface area contributed by atoms with Crippen molar-refractivity contribution in [2.75, 3.05) is 6.54 Å². The highest BCUT2D eigenvalue weighted by Crippen LogP contribution is 2.17. The molecule has 1 heterocycles. The van der Waals surface area contributed by atoms with Crippen LogP contribution in [0.4, 0.5) is 0 Å². The number of rotatable bonds is 8. The lowest BCUT2D eigenvalue weighted by atomic mass is 10.0. The van der Waals surface area contributed by atoms with Gasteiger partial charge in [-0.2, -0.15) is 0 Å². The van der Waals surface area contributed by atoms with Crippen LogP contribution in [0.5, 0.6) is 0 Å². The molecule has 2 rings (SSSR count). The van der Waals surface area contributed by atoms with Crippen molar-refractivity contribution in [2.45, 2.75) is 45.7 Å². The van der Waals surface area contributed by atoms with Crippen molar-refractivity contribution >= 4 is 0 Å². The molecule has 0 fully saturated rings. The Bertz CT molecular complexity index is 490. The Morgan fingerprint density at radius 2 is 1.95 bits per heavy atom. The summed E-state index contributed by atoms with van der Waals surface area (Å²) >= 11 is 0. The fourth-order valence-corrected chi connectivity index (χ4v) is 2.47. The predicted molar refractivity (Wildman–Crippen MR) is 83.7 cm³/mol. The molecular weight excluding hydrogens is 246 g/mol. The monoisotopic (exact) mass is 271 g/mol. The van der Waals surface area contributed by atoms with Gasteiger partial charge in [0, 0.05) is 31.4 Å². The lowest BCUT2D eigenvalue weighted by Crippen LogP contribution is -2.25. The number of aromatic nitrogens is 2. The molecule has 1 unspecified atom stereocenters. The Morgan fingerprint density at radius 1 is 1.15 bits per heavy atom. The van der Waals surface area contributed by atoms with Crippen molar-refractivity contribution in [3.8, 4) is 0 Å². The third-order valence-electron chi connectivity index (χ3n) is 3.50. The summed E-state index contributed by atoms with van der Waals surface area (Å²) in [5.41, 5.74) is 1.34. The molecule has 1 N–H and O–H groups in total. The van der Waals surface area contributed by atoms with Gasteiger partial charge in [-0.25, -0.2) is 4.98 Å². The minimum Gasteiger partial charge on any atom is -0.335 e. The molecule has 0 spiro atoms. The minimum absolute atomic E-state index is 0.342. The molecule has 1 aromatic heterocycles. The Hall–Kier alpha value is -1.61. The highest BCUT2D eigenvalue weighted by atomic mass is 15.1. The van der Waals surface area contributed by atoms with Crippen LogP contribution in [0.2, 0.25) is 0 Å². The molecule has 3 nitrogen and oxygen atoms in total. The summed E-state index contributed by atoms with van der Waals surface area (Å²) in [4.78, 5) is 4.53. The Labute approximate surface area is 122 Å². The maximum atomic E-state index is 4.53. The fourth-order valence-electron chi connectivity index (χ4n) is 2.47. The van der Waals surface area contributed by atoms with Gasteiger partial charge in [-0.05, 0) is 24.9 Å². The van der Waals surface area contributed by atoms with Gasteiger partial charge >= 0.3 is 0 Å². The van der Waals surface area contributed by atoms with E-state index in [4.69, 9.17) is 0 Å². The van der Waals surface area contributed by atoms with Crippen molar-refractivity contribution in [3.63, 3.8) is 0 Å². The van der Waals surface area contributed by atoms with Crippen LogP contribution in [0, 0.1) is 0 Å². The van der Waals surface area contributed by atoms with Gasteiger partial charge in [0.25, 0.3) is 0 Å². The predicted octanol–water partition coefficient (Wildman–Crippen LogP) is 3.58. The van der Waals surface area contributed by atoms with Gasteiger partial charge in [-0.15, -0.1) is 0 Å². The topological polar surface area (TPSA) is 29.9 Å². The Balaban J connectivity index is 2.13. The van der Waals surface area contributed by atoms with E-state index in [1.807, 2.05) is 6.20 Å². The highest BCUT2D eigenvalue weighted by molar-refractivity contribution is 5.20. The van der Waals surface area contributed by atoms with E-state index in [-0.39, 0.29) is 0 Å². The van der Waals surface area contributed by atoms with Gasteiger partial charge < -0.3 is 9.88 Å². The van der Waals surface area contributed by atoms with Crippen LogP contribution in [0.15, 0.2) is 42.7 Å². The standard InChI is InChI=1S/C17H25N3/c1-3-10-18-16(15-8-6-5-7-9-15)14-17-19-11-13-20(17)12-4-2/h5-9,11,13,16,18H,3-4,10,12,14H2,1-2H3. The molecular formula is C17H25N3. The van der Waals surface area contributed by atoms with Crippen molar-refractivity contribution in [2.24, 2.45) is 0 Å². The second-order valence-electron chi connectivity index (χ2n) is 5.16. The lowest BCUT2D eigenvalue weighted by Gasteiger charge is -2.19. The number of nitrogens with zero attached hydrogens (tertiary/aromatic N) is 2. The van der Waals surface area contributed by atoms with Crippen molar-refractivity contribution in [3.05, 3.63) is 54.1 Å². The molecule has 0 aliphatic carbocycles. The summed E-state index contributed by atoms with van der Waals surface area (Å²) in [7, 11) is 0. The second kappa shape index (κ2) is 7.85. The number of hydrogen-bond donors (Lipinski definition) is 1. The van der Waals surface area contributed by atoms with Crippen LogP contribution in [0.25, 0.3) is 0 Å². The van der Waals surface area contributed by atoms with Crippen LogP contribution in [-0.2, 0) is 13.0 Å². The third-order valence-corrected chi connectivity index (χ3v) is 3.50. The van der Waals surface area contributed by atoms with E-state index in [1.165, 1.54) is 11.4 Å². The summed E-state index contributed by atoms with van der Waals surface area (Å²) in [6, 6.07) is 11.0. The number of hydrogen-bond acceptors (Lipinski definition) is 2. The van der Waals surface area contributed by atoms with E-state index in [1.54, 1.807) is 0 Å². The largest absolute Gasteiger partial charge is 0.335 e. The van der Waals surface area contributed by atoms with E-state index in [0.717, 1.165) is 32.4 Å². The smallest absolute Gasteiger partial charge is 0.110 e. The first kappa shape index (κ1) is 14.8. The van der Waals surface area contributed by atoms with E-state index in [2.05, 4.69) is 65.2 Å². The minimum atomic E-state index is 0.342. The average molecular weight is 271 g/mol. The number of aryl methyl sites for hydroxylation is 1. The fraction of sp³-hybridized carbons (Fsp3) is 0.471.